The minimum atomic E-state index is -3.52. The second-order valence-electron chi connectivity index (χ2n) is 5.90. The number of rotatable bonds is 2. The maximum absolute atomic E-state index is 13.0. The number of anilines is 1. The summed E-state index contributed by atoms with van der Waals surface area (Å²) in [6.07, 6.45) is 2.78. The van der Waals surface area contributed by atoms with Crippen LogP contribution in [0.2, 0.25) is 0 Å². The third kappa shape index (κ3) is 2.56. The van der Waals surface area contributed by atoms with Crippen molar-refractivity contribution in [1.29, 1.82) is 0 Å². The van der Waals surface area contributed by atoms with Crippen LogP contribution < -0.4 is 4.31 Å². The molecule has 0 saturated carbocycles. The Kier molecular flexibility index (Phi) is 3.94. The molecule has 1 fully saturated rings. The summed E-state index contributed by atoms with van der Waals surface area (Å²) >= 11 is 0. The maximum Gasteiger partial charge on any atom is 0.304 e. The van der Waals surface area contributed by atoms with Crippen molar-refractivity contribution in [3.8, 4) is 0 Å². The average Bonchev–Trinajstić information content (AvgIpc) is 2.48. The third-order valence-corrected chi connectivity index (χ3v) is 6.56. The molecule has 0 spiro atoms. The summed E-state index contributed by atoms with van der Waals surface area (Å²) in [5, 5.41) is 10.1. The topological polar surface area (TPSA) is 60.9 Å². The molecule has 3 rings (SSSR count). The fourth-order valence-corrected chi connectivity index (χ4v) is 5.22. The zero-order chi connectivity index (χ0) is 15.0. The first kappa shape index (κ1) is 14.8. The number of piperidine rings is 1. The SMILES string of the molecule is CC1CCCCN1S(=O)(=O)N1CCC(O)c2ccccc21. The van der Waals surface area contributed by atoms with Crippen molar-refractivity contribution >= 4 is 15.9 Å². The molecule has 5 nitrogen and oxygen atoms in total. The van der Waals surface area contributed by atoms with Gasteiger partial charge in [0.15, 0.2) is 0 Å². The average molecular weight is 310 g/mol. The molecule has 1 aromatic carbocycles. The zero-order valence-electron chi connectivity index (χ0n) is 12.3. The van der Waals surface area contributed by atoms with Crippen LogP contribution in [0.1, 0.15) is 44.3 Å². The largest absolute Gasteiger partial charge is 0.388 e. The molecule has 1 saturated heterocycles. The van der Waals surface area contributed by atoms with E-state index in [1.165, 1.54) is 4.31 Å². The van der Waals surface area contributed by atoms with Crippen molar-refractivity contribution in [2.75, 3.05) is 17.4 Å². The summed E-state index contributed by atoms with van der Waals surface area (Å²) in [6.45, 7) is 2.90. The number of fused-ring (bicyclic) bond motifs is 1. The summed E-state index contributed by atoms with van der Waals surface area (Å²) in [4.78, 5) is 0. The lowest BCUT2D eigenvalue weighted by Gasteiger charge is -2.40. The van der Waals surface area contributed by atoms with Gasteiger partial charge in [-0.3, -0.25) is 4.31 Å². The predicted molar refractivity (Wildman–Crippen MR) is 82.3 cm³/mol. The Labute approximate surface area is 126 Å². The molecule has 0 amide bonds. The molecule has 0 aromatic heterocycles. The van der Waals surface area contributed by atoms with Gasteiger partial charge in [-0.15, -0.1) is 0 Å². The number of para-hydroxylation sites is 1. The molecule has 21 heavy (non-hydrogen) atoms. The number of hydrogen-bond acceptors (Lipinski definition) is 3. The minimum Gasteiger partial charge on any atom is -0.388 e. The molecule has 1 aromatic rings. The first-order chi connectivity index (χ1) is 10.0. The Morgan fingerprint density at radius 2 is 1.90 bits per heavy atom. The summed E-state index contributed by atoms with van der Waals surface area (Å²) in [5.74, 6) is 0. The summed E-state index contributed by atoms with van der Waals surface area (Å²) in [5.41, 5.74) is 1.33. The Morgan fingerprint density at radius 1 is 1.14 bits per heavy atom. The van der Waals surface area contributed by atoms with E-state index in [1.54, 1.807) is 16.4 Å². The van der Waals surface area contributed by atoms with Gasteiger partial charge in [-0.1, -0.05) is 24.6 Å². The number of aliphatic hydroxyl groups is 1. The molecule has 1 N–H and O–H groups in total. The smallest absolute Gasteiger partial charge is 0.304 e. The first-order valence-corrected chi connectivity index (χ1v) is 8.98. The fourth-order valence-electron chi connectivity index (χ4n) is 3.29. The molecule has 0 bridgehead atoms. The van der Waals surface area contributed by atoms with Crippen LogP contribution in [0.5, 0.6) is 0 Å². The van der Waals surface area contributed by atoms with Gasteiger partial charge in [0.05, 0.1) is 11.8 Å². The summed E-state index contributed by atoms with van der Waals surface area (Å²) in [7, 11) is -3.52. The van der Waals surface area contributed by atoms with Crippen LogP contribution in [0.3, 0.4) is 0 Å². The molecule has 2 atom stereocenters. The highest BCUT2D eigenvalue weighted by molar-refractivity contribution is 7.90. The van der Waals surface area contributed by atoms with Crippen LogP contribution in [0.4, 0.5) is 5.69 Å². The maximum atomic E-state index is 13.0. The van der Waals surface area contributed by atoms with Gasteiger partial charge in [0.25, 0.3) is 0 Å². The monoisotopic (exact) mass is 310 g/mol. The van der Waals surface area contributed by atoms with Crippen molar-refractivity contribution in [2.45, 2.75) is 44.8 Å². The Hall–Kier alpha value is -1.11. The van der Waals surface area contributed by atoms with Crippen LogP contribution in [-0.4, -0.2) is 37.0 Å². The number of hydrogen-bond donors (Lipinski definition) is 1. The van der Waals surface area contributed by atoms with E-state index < -0.39 is 16.3 Å². The molecular weight excluding hydrogens is 288 g/mol. The molecule has 2 aliphatic rings. The molecule has 2 heterocycles. The number of aliphatic hydroxyl groups excluding tert-OH is 1. The Bertz CT molecular complexity index is 617. The summed E-state index contributed by atoms with van der Waals surface area (Å²) < 4.78 is 29.1. The van der Waals surface area contributed by atoms with Gasteiger partial charge in [0, 0.05) is 24.7 Å². The lowest BCUT2D eigenvalue weighted by Crippen LogP contribution is -2.51. The van der Waals surface area contributed by atoms with Crippen molar-refractivity contribution in [3.63, 3.8) is 0 Å². The number of nitrogens with zero attached hydrogens (tertiary/aromatic N) is 2. The first-order valence-electron chi connectivity index (χ1n) is 7.58. The quantitative estimate of drug-likeness (QED) is 0.909. The second kappa shape index (κ2) is 5.59. The third-order valence-electron chi connectivity index (χ3n) is 4.49. The molecular formula is C15H22N2O3S. The highest BCUT2D eigenvalue weighted by Gasteiger charge is 2.38. The van der Waals surface area contributed by atoms with Gasteiger partial charge in [0.1, 0.15) is 0 Å². The van der Waals surface area contributed by atoms with E-state index in [0.717, 1.165) is 19.3 Å². The highest BCUT2D eigenvalue weighted by atomic mass is 32.2. The van der Waals surface area contributed by atoms with Crippen molar-refractivity contribution in [3.05, 3.63) is 29.8 Å². The fraction of sp³-hybridized carbons (Fsp3) is 0.600. The minimum absolute atomic E-state index is 0.0442. The van der Waals surface area contributed by atoms with Gasteiger partial charge < -0.3 is 5.11 Å². The number of benzene rings is 1. The van der Waals surface area contributed by atoms with Gasteiger partial charge in [-0.25, -0.2) is 0 Å². The highest BCUT2D eigenvalue weighted by Crippen LogP contribution is 2.36. The normalized spacial score (nSPS) is 27.4. The van der Waals surface area contributed by atoms with Gasteiger partial charge in [0.2, 0.25) is 0 Å². The van der Waals surface area contributed by atoms with Crippen LogP contribution in [0.15, 0.2) is 24.3 Å². The van der Waals surface area contributed by atoms with E-state index in [2.05, 4.69) is 0 Å². The van der Waals surface area contributed by atoms with Gasteiger partial charge >= 0.3 is 10.2 Å². The Morgan fingerprint density at radius 3 is 2.67 bits per heavy atom. The molecule has 6 heteroatoms. The second-order valence-corrected chi connectivity index (χ2v) is 7.70. The molecule has 2 unspecified atom stereocenters. The standard InChI is InChI=1S/C15H22N2O3S/c1-12-6-4-5-10-16(12)21(19,20)17-11-9-15(18)13-7-2-3-8-14(13)17/h2-3,7-8,12,15,18H,4-6,9-11H2,1H3. The zero-order valence-corrected chi connectivity index (χ0v) is 13.1. The van der Waals surface area contributed by atoms with E-state index >= 15 is 0 Å². The van der Waals surface area contributed by atoms with Crippen molar-refractivity contribution in [1.82, 2.24) is 4.31 Å². The van der Waals surface area contributed by atoms with E-state index in [-0.39, 0.29) is 6.04 Å². The molecule has 0 radical (unpaired) electrons. The molecule has 0 aliphatic carbocycles. The van der Waals surface area contributed by atoms with E-state index in [4.69, 9.17) is 0 Å². The van der Waals surface area contributed by atoms with Crippen LogP contribution in [0, 0.1) is 0 Å². The van der Waals surface area contributed by atoms with E-state index in [1.807, 2.05) is 19.1 Å². The van der Waals surface area contributed by atoms with Crippen LogP contribution in [-0.2, 0) is 10.2 Å². The van der Waals surface area contributed by atoms with Crippen LogP contribution >= 0.6 is 0 Å². The summed E-state index contributed by atoms with van der Waals surface area (Å²) in [6, 6.07) is 7.29. The lowest BCUT2D eigenvalue weighted by atomic mass is 10.0. The van der Waals surface area contributed by atoms with Crippen molar-refractivity contribution in [2.24, 2.45) is 0 Å². The van der Waals surface area contributed by atoms with E-state index in [9.17, 15) is 13.5 Å². The Balaban J connectivity index is 1.98. The molecule has 116 valence electrons. The van der Waals surface area contributed by atoms with Crippen LogP contribution in [0.25, 0.3) is 0 Å². The lowest BCUT2D eigenvalue weighted by molar-refractivity contribution is 0.166. The van der Waals surface area contributed by atoms with Gasteiger partial charge in [-0.2, -0.15) is 12.7 Å². The van der Waals surface area contributed by atoms with Crippen molar-refractivity contribution < 1.29 is 13.5 Å². The van der Waals surface area contributed by atoms with E-state index in [0.29, 0.717) is 30.8 Å². The molecule has 2 aliphatic heterocycles. The predicted octanol–water partition coefficient (Wildman–Crippen LogP) is 2.05. The van der Waals surface area contributed by atoms with Gasteiger partial charge in [-0.05, 0) is 32.3 Å².